The molecule has 1 aliphatic carbocycles. The summed E-state index contributed by atoms with van der Waals surface area (Å²) in [4.78, 5) is 19.0. The van der Waals surface area contributed by atoms with E-state index in [-0.39, 0.29) is 28.0 Å². The Morgan fingerprint density at radius 2 is 1.86 bits per heavy atom. The predicted molar refractivity (Wildman–Crippen MR) is 145 cm³/mol. The number of benzene rings is 2. The van der Waals surface area contributed by atoms with Crippen LogP contribution >= 0.6 is 23.4 Å². The van der Waals surface area contributed by atoms with Crippen molar-refractivity contribution in [2.45, 2.75) is 70.1 Å². The molecule has 202 valence electrons. The standard InChI is InChI=1S/C28H34ClF3N2O2S/c1-15(14-33-36-28(4,5)6)9-19-10-16(2)17(3)26(19)37-24-11-18(7-8-21(24)29)27(35)34-20-12-22(30)25(32)23(31)13-20/h7-8,11-17,19,26H,9-10H2,1-6H3,(H,34,35)/b33-14+. The second-order valence-electron chi connectivity index (χ2n) is 10.9. The van der Waals surface area contributed by atoms with Crippen molar-refractivity contribution >= 4 is 41.2 Å². The average molecular weight is 555 g/mol. The highest BCUT2D eigenvalue weighted by Crippen LogP contribution is 2.49. The molecule has 0 saturated heterocycles. The van der Waals surface area contributed by atoms with E-state index in [2.05, 4.69) is 31.2 Å². The lowest BCUT2D eigenvalue weighted by Crippen LogP contribution is -2.20. The summed E-state index contributed by atoms with van der Waals surface area (Å²) in [5, 5.41) is 7.40. The smallest absolute Gasteiger partial charge is 0.255 e. The zero-order chi connectivity index (χ0) is 27.5. The minimum absolute atomic E-state index is 0.171. The summed E-state index contributed by atoms with van der Waals surface area (Å²) in [5.74, 6) is -3.28. The van der Waals surface area contributed by atoms with Gasteiger partial charge < -0.3 is 10.2 Å². The van der Waals surface area contributed by atoms with Crippen LogP contribution in [-0.2, 0) is 4.84 Å². The highest BCUT2D eigenvalue weighted by atomic mass is 35.5. The number of carbonyl (C=O) groups excluding carboxylic acids is 1. The molecule has 1 fully saturated rings. The first-order chi connectivity index (χ1) is 17.2. The summed E-state index contributed by atoms with van der Waals surface area (Å²) >= 11 is 8.17. The summed E-state index contributed by atoms with van der Waals surface area (Å²) in [6.07, 6.45) is 3.89. The van der Waals surface area contributed by atoms with Crippen LogP contribution in [0.15, 0.2) is 40.4 Å². The van der Waals surface area contributed by atoms with E-state index in [1.807, 2.05) is 27.0 Å². The quantitative estimate of drug-likeness (QED) is 0.202. The second-order valence-corrected chi connectivity index (χ2v) is 12.6. The summed E-state index contributed by atoms with van der Waals surface area (Å²) in [5.41, 5.74) is -0.222. The monoisotopic (exact) mass is 554 g/mol. The topological polar surface area (TPSA) is 50.7 Å². The lowest BCUT2D eigenvalue weighted by molar-refractivity contribution is 0.00113. The van der Waals surface area contributed by atoms with Crippen LogP contribution in [0.25, 0.3) is 0 Å². The first-order valence-corrected chi connectivity index (χ1v) is 13.6. The molecule has 5 atom stereocenters. The van der Waals surface area contributed by atoms with Gasteiger partial charge in [0.1, 0.15) is 5.60 Å². The number of halogens is 4. The summed E-state index contributed by atoms with van der Waals surface area (Å²) in [6.45, 7) is 12.5. The molecule has 9 heteroatoms. The van der Waals surface area contributed by atoms with Gasteiger partial charge in [-0.25, -0.2) is 13.2 Å². The first-order valence-electron chi connectivity index (χ1n) is 12.4. The van der Waals surface area contributed by atoms with E-state index in [0.717, 1.165) is 29.9 Å². The lowest BCUT2D eigenvalue weighted by Gasteiger charge is -2.25. The number of thioether (sulfide) groups is 1. The molecule has 1 aliphatic rings. The normalized spacial score (nSPS) is 22.9. The summed E-state index contributed by atoms with van der Waals surface area (Å²) in [7, 11) is 0. The number of anilines is 1. The Bertz CT molecular complexity index is 1130. The van der Waals surface area contributed by atoms with Gasteiger partial charge in [0.25, 0.3) is 5.91 Å². The van der Waals surface area contributed by atoms with Crippen molar-refractivity contribution in [2.75, 3.05) is 5.32 Å². The van der Waals surface area contributed by atoms with Crippen molar-refractivity contribution in [1.82, 2.24) is 0 Å². The Hall–Kier alpha value is -2.19. The Morgan fingerprint density at radius 1 is 1.22 bits per heavy atom. The third-order valence-electron chi connectivity index (χ3n) is 6.57. The fourth-order valence-corrected chi connectivity index (χ4v) is 6.37. The van der Waals surface area contributed by atoms with Crippen LogP contribution in [0.1, 0.15) is 64.7 Å². The van der Waals surface area contributed by atoms with Crippen LogP contribution in [-0.4, -0.2) is 23.0 Å². The first kappa shape index (κ1) is 29.4. The number of nitrogens with one attached hydrogen (secondary N) is 1. The molecule has 4 nitrogen and oxygen atoms in total. The van der Waals surface area contributed by atoms with Gasteiger partial charge in [-0.2, -0.15) is 0 Å². The fourth-order valence-electron chi connectivity index (χ4n) is 4.56. The molecule has 2 aromatic carbocycles. The largest absolute Gasteiger partial charge is 0.390 e. The van der Waals surface area contributed by atoms with Crippen LogP contribution in [0.3, 0.4) is 0 Å². The Morgan fingerprint density at radius 3 is 2.49 bits per heavy atom. The SMILES string of the molecule is CC(/C=N/OC(C)(C)C)CC1CC(C)C(C)C1Sc1cc(C(=O)Nc2cc(F)c(F)c(F)c2)ccc1Cl. The number of oxime groups is 1. The van der Waals surface area contributed by atoms with Crippen molar-refractivity contribution in [3.8, 4) is 0 Å². The van der Waals surface area contributed by atoms with Crippen molar-refractivity contribution in [3.05, 3.63) is 58.4 Å². The number of hydrogen-bond acceptors (Lipinski definition) is 4. The van der Waals surface area contributed by atoms with Crippen molar-refractivity contribution in [3.63, 3.8) is 0 Å². The van der Waals surface area contributed by atoms with Gasteiger partial charge >= 0.3 is 0 Å². The van der Waals surface area contributed by atoms with E-state index >= 15 is 0 Å². The third kappa shape index (κ3) is 7.90. The number of hydrogen-bond donors (Lipinski definition) is 1. The maximum atomic E-state index is 13.6. The van der Waals surface area contributed by atoms with Crippen LogP contribution in [0.2, 0.25) is 5.02 Å². The lowest BCUT2D eigenvalue weighted by atomic mass is 9.94. The van der Waals surface area contributed by atoms with Gasteiger partial charge in [0.05, 0.1) is 5.02 Å². The Labute approximate surface area is 226 Å². The van der Waals surface area contributed by atoms with Gasteiger partial charge in [0, 0.05) is 39.7 Å². The molecule has 0 aliphatic heterocycles. The number of rotatable bonds is 8. The molecule has 37 heavy (non-hydrogen) atoms. The minimum atomic E-state index is -1.58. The molecule has 0 bridgehead atoms. The van der Waals surface area contributed by atoms with Crippen molar-refractivity contribution in [1.29, 1.82) is 0 Å². The van der Waals surface area contributed by atoms with E-state index in [1.165, 1.54) is 0 Å². The molecule has 2 aromatic rings. The van der Waals surface area contributed by atoms with Gasteiger partial charge in [0.15, 0.2) is 17.5 Å². The molecular weight excluding hydrogens is 521 g/mol. The number of amides is 1. The molecule has 0 heterocycles. The minimum Gasteiger partial charge on any atom is -0.390 e. The van der Waals surface area contributed by atoms with E-state index in [1.54, 1.807) is 30.0 Å². The second kappa shape index (κ2) is 12.1. The molecule has 0 spiro atoms. The molecule has 0 radical (unpaired) electrons. The van der Waals surface area contributed by atoms with Gasteiger partial charge in [0.2, 0.25) is 0 Å². The Balaban J connectivity index is 1.74. The van der Waals surface area contributed by atoms with Crippen molar-refractivity contribution < 1.29 is 22.8 Å². The highest BCUT2D eigenvalue weighted by Gasteiger charge is 2.39. The number of nitrogens with zero attached hydrogens (tertiary/aromatic N) is 1. The molecule has 1 amide bonds. The van der Waals surface area contributed by atoms with Crippen LogP contribution in [0, 0.1) is 41.1 Å². The van der Waals surface area contributed by atoms with E-state index < -0.39 is 23.4 Å². The highest BCUT2D eigenvalue weighted by molar-refractivity contribution is 8.00. The predicted octanol–water partition coefficient (Wildman–Crippen LogP) is 8.59. The molecule has 3 rings (SSSR count). The van der Waals surface area contributed by atoms with E-state index in [4.69, 9.17) is 16.4 Å². The van der Waals surface area contributed by atoms with Crippen molar-refractivity contribution in [2.24, 2.45) is 28.8 Å². The van der Waals surface area contributed by atoms with Gasteiger partial charge in [-0.3, -0.25) is 4.79 Å². The Kier molecular flexibility index (Phi) is 9.62. The zero-order valence-electron chi connectivity index (χ0n) is 21.9. The third-order valence-corrected chi connectivity index (χ3v) is 8.69. The molecule has 0 aromatic heterocycles. The van der Waals surface area contributed by atoms with E-state index in [9.17, 15) is 18.0 Å². The maximum Gasteiger partial charge on any atom is 0.255 e. The number of carbonyl (C=O) groups is 1. The maximum absolute atomic E-state index is 13.6. The van der Waals surface area contributed by atoms with Crippen LogP contribution < -0.4 is 5.32 Å². The zero-order valence-corrected chi connectivity index (χ0v) is 23.5. The molecule has 5 unspecified atom stereocenters. The summed E-state index contributed by atoms with van der Waals surface area (Å²) < 4.78 is 40.3. The van der Waals surface area contributed by atoms with Crippen LogP contribution in [0.4, 0.5) is 18.9 Å². The molecular formula is C28H34ClF3N2O2S. The van der Waals surface area contributed by atoms with E-state index in [0.29, 0.717) is 22.8 Å². The molecule has 1 N–H and O–H groups in total. The van der Waals surface area contributed by atoms with Gasteiger partial charge in [-0.05, 0) is 75.5 Å². The van der Waals surface area contributed by atoms with Gasteiger partial charge in [-0.15, -0.1) is 11.8 Å². The fraction of sp³-hybridized carbons (Fsp3) is 0.500. The van der Waals surface area contributed by atoms with Gasteiger partial charge in [-0.1, -0.05) is 37.5 Å². The molecule has 1 saturated carbocycles. The summed E-state index contributed by atoms with van der Waals surface area (Å²) in [6, 6.07) is 6.36. The average Bonchev–Trinajstić information content (AvgIpc) is 3.05. The van der Waals surface area contributed by atoms with Crippen LogP contribution in [0.5, 0.6) is 0 Å².